The summed E-state index contributed by atoms with van der Waals surface area (Å²) in [6.45, 7) is 0. The van der Waals surface area contributed by atoms with Gasteiger partial charge < -0.3 is 0 Å². The third-order valence-corrected chi connectivity index (χ3v) is 15.2. The van der Waals surface area contributed by atoms with Gasteiger partial charge in [-0.3, -0.25) is 0 Å². The Bertz CT molecular complexity index is 3540. The van der Waals surface area contributed by atoms with Crippen LogP contribution in [0.1, 0.15) is 0 Å². The first-order chi connectivity index (χ1) is 38.6. The zero-order valence-corrected chi connectivity index (χ0v) is 43.2. The molecule has 78 heavy (non-hydrogen) atoms. The first-order valence-corrected chi connectivity index (χ1v) is 26.9. The SMILES string of the molecule is c1ccc(-c2ccc(-c3ccc(-c4cc(-c5ccc(-c6ccc(-c7ccccc7)cc6)cc5)c(-c5ccc(-c6ccc(-c7ccccc7)cc6)cc5)cc4-c4ccc(-c5ccc(-c6ccccc6)cc5)cc4)cc3)cc2)cc1. The minimum absolute atomic E-state index is 1.16. The quantitative estimate of drug-likeness (QED) is 0.114. The average Bonchev–Trinajstić information content (AvgIpc) is 3.66. The van der Waals surface area contributed by atoms with E-state index in [4.69, 9.17) is 0 Å². The molecule has 0 radical (unpaired) electrons. The molecule has 0 aliphatic heterocycles. The molecule has 366 valence electrons. The number of hydrogen-bond acceptors (Lipinski definition) is 0. The highest BCUT2D eigenvalue weighted by atomic mass is 14.2. The van der Waals surface area contributed by atoms with Crippen LogP contribution in [0.5, 0.6) is 0 Å². The summed E-state index contributed by atoms with van der Waals surface area (Å²) in [4.78, 5) is 0. The third-order valence-electron chi connectivity index (χ3n) is 15.2. The van der Waals surface area contributed by atoms with Crippen molar-refractivity contribution in [3.05, 3.63) is 328 Å². The first kappa shape index (κ1) is 47.6. The minimum Gasteiger partial charge on any atom is -0.0622 e. The lowest BCUT2D eigenvalue weighted by Gasteiger charge is -2.19. The third kappa shape index (κ3) is 10.1. The topological polar surface area (TPSA) is 0 Å². The van der Waals surface area contributed by atoms with Crippen molar-refractivity contribution in [2.75, 3.05) is 0 Å². The minimum atomic E-state index is 1.16. The molecule has 0 fully saturated rings. The number of hydrogen-bond donors (Lipinski definition) is 0. The maximum absolute atomic E-state index is 2.43. The summed E-state index contributed by atoms with van der Waals surface area (Å²) >= 11 is 0. The van der Waals surface area contributed by atoms with Gasteiger partial charge in [-0.2, -0.15) is 0 Å². The maximum Gasteiger partial charge on any atom is -0.00988 e. The van der Waals surface area contributed by atoms with E-state index in [1.165, 1.54) is 111 Å². The van der Waals surface area contributed by atoms with Crippen LogP contribution in [0.25, 0.3) is 134 Å². The standard InChI is InChI=1S/C78H54/c1-5-13-55(14-6-1)59-21-29-63(30-22-59)67-37-45-71(46-38-67)75-53-77(73-49-41-69(42-50-73)65-33-25-61(26-34-65)57-17-9-3-10-18-57)78(74-51-43-70(44-52-74)66-35-27-62(28-36-66)58-19-11-4-12-20-58)54-76(75)72-47-39-68(40-48-72)64-31-23-60(24-32-64)56-15-7-2-8-16-56/h1-54H. The monoisotopic (exact) mass is 990 g/mol. The Kier molecular flexibility index (Phi) is 13.2. The zero-order chi connectivity index (χ0) is 52.0. The van der Waals surface area contributed by atoms with Crippen LogP contribution in [0.3, 0.4) is 0 Å². The number of rotatable bonds is 12. The fourth-order valence-corrected chi connectivity index (χ4v) is 10.9. The Labute approximate surface area is 458 Å². The Morgan fingerprint density at radius 2 is 0.192 bits per heavy atom. The Balaban J connectivity index is 0.911. The van der Waals surface area contributed by atoms with Crippen LogP contribution < -0.4 is 0 Å². The van der Waals surface area contributed by atoms with Gasteiger partial charge in [-0.25, -0.2) is 0 Å². The molecule has 0 saturated carbocycles. The smallest absolute Gasteiger partial charge is 0.00988 e. The molecule has 0 aromatic heterocycles. The van der Waals surface area contributed by atoms with E-state index in [1.54, 1.807) is 0 Å². The van der Waals surface area contributed by atoms with Gasteiger partial charge >= 0.3 is 0 Å². The van der Waals surface area contributed by atoms with Gasteiger partial charge in [0.2, 0.25) is 0 Å². The van der Waals surface area contributed by atoms with Gasteiger partial charge in [0.05, 0.1) is 0 Å². The van der Waals surface area contributed by atoms with Gasteiger partial charge in [0, 0.05) is 0 Å². The van der Waals surface area contributed by atoms with Crippen molar-refractivity contribution in [2.45, 2.75) is 0 Å². The molecular weight excluding hydrogens is 937 g/mol. The highest BCUT2D eigenvalue weighted by Gasteiger charge is 2.18. The second kappa shape index (κ2) is 21.6. The van der Waals surface area contributed by atoms with Crippen LogP contribution in [0.2, 0.25) is 0 Å². The summed E-state index contributed by atoms with van der Waals surface area (Å²) in [6, 6.07) is 119. The normalized spacial score (nSPS) is 11.1. The summed E-state index contributed by atoms with van der Waals surface area (Å²) in [7, 11) is 0. The van der Waals surface area contributed by atoms with Gasteiger partial charge in [0.15, 0.2) is 0 Å². The van der Waals surface area contributed by atoms with Crippen LogP contribution in [-0.4, -0.2) is 0 Å². The van der Waals surface area contributed by atoms with Crippen LogP contribution in [0.15, 0.2) is 328 Å². The zero-order valence-electron chi connectivity index (χ0n) is 43.2. The summed E-state index contributed by atoms with van der Waals surface area (Å²) in [5, 5.41) is 0. The molecule has 0 unspecified atom stereocenters. The molecule has 0 aliphatic carbocycles. The van der Waals surface area contributed by atoms with E-state index in [0.29, 0.717) is 0 Å². The molecule has 0 heterocycles. The highest BCUT2D eigenvalue weighted by Crippen LogP contribution is 2.44. The van der Waals surface area contributed by atoms with E-state index in [9.17, 15) is 0 Å². The Hall–Kier alpha value is -10.1. The molecule has 13 rings (SSSR count). The van der Waals surface area contributed by atoms with Gasteiger partial charge in [-0.05, 0) is 146 Å². The van der Waals surface area contributed by atoms with Crippen molar-refractivity contribution in [1.29, 1.82) is 0 Å². The molecular formula is C78H54. The summed E-state index contributed by atoms with van der Waals surface area (Å²) < 4.78 is 0. The van der Waals surface area contributed by atoms with Gasteiger partial charge in [0.25, 0.3) is 0 Å². The molecule has 0 bridgehead atoms. The van der Waals surface area contributed by atoms with Gasteiger partial charge in [0.1, 0.15) is 0 Å². The lowest BCUT2D eigenvalue weighted by atomic mass is 9.84. The molecule has 0 heteroatoms. The van der Waals surface area contributed by atoms with E-state index in [-0.39, 0.29) is 0 Å². The van der Waals surface area contributed by atoms with Crippen LogP contribution in [0.4, 0.5) is 0 Å². The van der Waals surface area contributed by atoms with Crippen LogP contribution in [-0.2, 0) is 0 Å². The first-order valence-electron chi connectivity index (χ1n) is 26.9. The lowest BCUT2D eigenvalue weighted by molar-refractivity contribution is 1.53. The molecule has 0 saturated heterocycles. The van der Waals surface area contributed by atoms with Crippen molar-refractivity contribution in [3.8, 4) is 134 Å². The summed E-state index contributed by atoms with van der Waals surface area (Å²) in [6.07, 6.45) is 0. The largest absolute Gasteiger partial charge is 0.0622 e. The van der Waals surface area contributed by atoms with Gasteiger partial charge in [-0.1, -0.05) is 315 Å². The van der Waals surface area contributed by atoms with Crippen molar-refractivity contribution in [1.82, 2.24) is 0 Å². The number of benzene rings is 13. The predicted octanol–water partition coefficient (Wildman–Crippen LogP) is 21.7. The fraction of sp³-hybridized carbons (Fsp3) is 0. The van der Waals surface area contributed by atoms with E-state index in [1.807, 2.05) is 0 Å². The van der Waals surface area contributed by atoms with Crippen molar-refractivity contribution < 1.29 is 0 Å². The molecule has 0 aliphatic rings. The Morgan fingerprint density at radius 1 is 0.0897 bits per heavy atom. The van der Waals surface area contributed by atoms with E-state index in [0.717, 1.165) is 22.3 Å². The maximum atomic E-state index is 2.43. The van der Waals surface area contributed by atoms with E-state index < -0.39 is 0 Å². The highest BCUT2D eigenvalue weighted by molar-refractivity contribution is 5.96. The van der Waals surface area contributed by atoms with Crippen molar-refractivity contribution in [3.63, 3.8) is 0 Å². The van der Waals surface area contributed by atoms with Gasteiger partial charge in [-0.15, -0.1) is 0 Å². The lowest BCUT2D eigenvalue weighted by Crippen LogP contribution is -1.93. The molecule has 0 N–H and O–H groups in total. The summed E-state index contributed by atoms with van der Waals surface area (Å²) in [5.74, 6) is 0. The summed E-state index contributed by atoms with van der Waals surface area (Å²) in [5.41, 5.74) is 28.6. The molecule has 0 nitrogen and oxygen atoms in total. The molecule has 0 atom stereocenters. The molecule has 13 aromatic carbocycles. The predicted molar refractivity (Wildman–Crippen MR) is 332 cm³/mol. The second-order valence-electron chi connectivity index (χ2n) is 20.0. The van der Waals surface area contributed by atoms with Crippen molar-refractivity contribution in [2.24, 2.45) is 0 Å². The molecule has 13 aromatic rings. The Morgan fingerprint density at radius 3 is 0.321 bits per heavy atom. The molecule has 0 amide bonds. The van der Waals surface area contributed by atoms with Crippen LogP contribution in [0, 0.1) is 0 Å². The van der Waals surface area contributed by atoms with Crippen molar-refractivity contribution >= 4 is 0 Å². The second-order valence-corrected chi connectivity index (χ2v) is 20.0. The van der Waals surface area contributed by atoms with E-state index in [2.05, 4.69) is 328 Å². The fourth-order valence-electron chi connectivity index (χ4n) is 10.9. The van der Waals surface area contributed by atoms with E-state index >= 15 is 0 Å². The average molecular weight is 991 g/mol. The molecule has 0 spiro atoms. The van der Waals surface area contributed by atoms with Crippen LogP contribution >= 0.6 is 0 Å².